The van der Waals surface area contributed by atoms with E-state index in [0.717, 1.165) is 24.1 Å². The van der Waals surface area contributed by atoms with E-state index in [0.29, 0.717) is 24.0 Å². The van der Waals surface area contributed by atoms with E-state index in [4.69, 9.17) is 0 Å². The molecule has 156 valence electrons. The first-order valence-electron chi connectivity index (χ1n) is 9.95. The SMILES string of the molecule is O=C(Cn1c(=O)ncc2c1cnn2[C@H]1CCS(=O)(=O)C1)N1CCCc2ccccc21. The summed E-state index contributed by atoms with van der Waals surface area (Å²) in [5.74, 6) is -0.0412. The Morgan fingerprint density at radius 3 is 2.80 bits per heavy atom. The summed E-state index contributed by atoms with van der Waals surface area (Å²) in [4.78, 5) is 31.2. The van der Waals surface area contributed by atoms with Gasteiger partial charge in [-0.15, -0.1) is 0 Å². The molecule has 1 aromatic carbocycles. The van der Waals surface area contributed by atoms with Gasteiger partial charge in [-0.05, 0) is 30.9 Å². The van der Waals surface area contributed by atoms with Crippen LogP contribution in [0.25, 0.3) is 11.0 Å². The van der Waals surface area contributed by atoms with Crippen molar-refractivity contribution in [1.82, 2.24) is 19.3 Å². The van der Waals surface area contributed by atoms with E-state index in [9.17, 15) is 18.0 Å². The number of amides is 1. The molecule has 3 aromatic rings. The third kappa shape index (κ3) is 3.20. The van der Waals surface area contributed by atoms with Crippen molar-refractivity contribution in [2.75, 3.05) is 23.0 Å². The summed E-state index contributed by atoms with van der Waals surface area (Å²) in [5, 5.41) is 4.33. The molecule has 0 spiro atoms. The molecule has 0 unspecified atom stereocenters. The molecular weight excluding hydrogens is 406 g/mol. The fourth-order valence-electron chi connectivity index (χ4n) is 4.41. The molecule has 1 amide bonds. The van der Waals surface area contributed by atoms with E-state index < -0.39 is 15.5 Å². The number of fused-ring (bicyclic) bond motifs is 2. The quantitative estimate of drug-likeness (QED) is 0.616. The summed E-state index contributed by atoms with van der Waals surface area (Å²) in [5.41, 5.74) is 2.52. The van der Waals surface area contributed by atoms with Crippen molar-refractivity contribution in [2.24, 2.45) is 0 Å². The lowest BCUT2D eigenvalue weighted by molar-refractivity contribution is -0.119. The third-order valence-electron chi connectivity index (χ3n) is 5.89. The molecule has 0 radical (unpaired) electrons. The highest BCUT2D eigenvalue weighted by Gasteiger charge is 2.31. The number of benzene rings is 1. The zero-order chi connectivity index (χ0) is 20.9. The number of hydrogen-bond acceptors (Lipinski definition) is 6. The van der Waals surface area contributed by atoms with Gasteiger partial charge in [-0.3, -0.25) is 14.0 Å². The van der Waals surface area contributed by atoms with Gasteiger partial charge in [-0.2, -0.15) is 10.1 Å². The maximum atomic E-state index is 13.1. The molecule has 30 heavy (non-hydrogen) atoms. The number of sulfone groups is 1. The fraction of sp³-hybridized carbons (Fsp3) is 0.400. The average molecular weight is 427 g/mol. The van der Waals surface area contributed by atoms with Gasteiger partial charge in [-0.1, -0.05) is 18.2 Å². The molecule has 1 fully saturated rings. The number of para-hydroxylation sites is 1. The lowest BCUT2D eigenvalue weighted by Gasteiger charge is -2.29. The Hall–Kier alpha value is -3.01. The van der Waals surface area contributed by atoms with E-state index in [-0.39, 0.29) is 30.0 Å². The van der Waals surface area contributed by atoms with Gasteiger partial charge in [0.25, 0.3) is 0 Å². The van der Waals surface area contributed by atoms with Crippen LogP contribution in [0.2, 0.25) is 0 Å². The first-order chi connectivity index (χ1) is 14.4. The largest absolute Gasteiger partial charge is 0.348 e. The van der Waals surface area contributed by atoms with Gasteiger partial charge < -0.3 is 4.90 Å². The van der Waals surface area contributed by atoms with Gasteiger partial charge in [0.15, 0.2) is 9.84 Å². The van der Waals surface area contributed by atoms with Crippen molar-refractivity contribution in [3.63, 3.8) is 0 Å². The summed E-state index contributed by atoms with van der Waals surface area (Å²) < 4.78 is 26.6. The van der Waals surface area contributed by atoms with E-state index in [1.54, 1.807) is 9.58 Å². The van der Waals surface area contributed by atoms with Crippen molar-refractivity contribution in [2.45, 2.75) is 31.8 Å². The van der Waals surface area contributed by atoms with Crippen LogP contribution in [0.5, 0.6) is 0 Å². The topological polar surface area (TPSA) is 107 Å². The highest BCUT2D eigenvalue weighted by atomic mass is 32.2. The third-order valence-corrected chi connectivity index (χ3v) is 7.64. The van der Waals surface area contributed by atoms with Crippen molar-refractivity contribution < 1.29 is 13.2 Å². The molecule has 0 N–H and O–H groups in total. The van der Waals surface area contributed by atoms with Crippen LogP contribution in [0.15, 0.2) is 41.5 Å². The number of carbonyl (C=O) groups is 1. The Labute approximate surface area is 172 Å². The van der Waals surface area contributed by atoms with Crippen LogP contribution in [-0.2, 0) is 27.6 Å². The van der Waals surface area contributed by atoms with Crippen LogP contribution in [-0.4, -0.2) is 51.7 Å². The molecule has 1 saturated heterocycles. The van der Waals surface area contributed by atoms with Crippen molar-refractivity contribution in [3.8, 4) is 0 Å². The highest BCUT2D eigenvalue weighted by molar-refractivity contribution is 7.91. The summed E-state index contributed by atoms with van der Waals surface area (Å²) in [7, 11) is -3.08. The number of hydrogen-bond donors (Lipinski definition) is 0. The van der Waals surface area contributed by atoms with Gasteiger partial charge in [0.05, 0.1) is 35.5 Å². The van der Waals surface area contributed by atoms with E-state index in [2.05, 4.69) is 10.1 Å². The van der Waals surface area contributed by atoms with E-state index >= 15 is 0 Å². The number of anilines is 1. The number of nitrogens with zero attached hydrogens (tertiary/aromatic N) is 5. The number of aryl methyl sites for hydroxylation is 1. The van der Waals surface area contributed by atoms with Gasteiger partial charge in [0.2, 0.25) is 5.91 Å². The van der Waals surface area contributed by atoms with Crippen molar-refractivity contribution in [1.29, 1.82) is 0 Å². The van der Waals surface area contributed by atoms with Gasteiger partial charge >= 0.3 is 5.69 Å². The lowest BCUT2D eigenvalue weighted by atomic mass is 10.0. The Balaban J connectivity index is 1.49. The van der Waals surface area contributed by atoms with Gasteiger partial charge in [0, 0.05) is 12.2 Å². The lowest BCUT2D eigenvalue weighted by Crippen LogP contribution is -2.40. The number of rotatable bonds is 3. The second-order valence-electron chi connectivity index (χ2n) is 7.82. The normalized spacial score (nSPS) is 20.4. The zero-order valence-corrected chi connectivity index (χ0v) is 17.1. The minimum Gasteiger partial charge on any atom is -0.311 e. The second-order valence-corrected chi connectivity index (χ2v) is 10.0. The summed E-state index contributed by atoms with van der Waals surface area (Å²) in [6.07, 6.45) is 5.19. The molecule has 2 aliphatic rings. The molecule has 2 aliphatic heterocycles. The maximum absolute atomic E-state index is 13.1. The van der Waals surface area contributed by atoms with Gasteiger partial charge in [0.1, 0.15) is 12.1 Å². The molecule has 2 aromatic heterocycles. The highest BCUT2D eigenvalue weighted by Crippen LogP contribution is 2.28. The molecule has 5 rings (SSSR count). The van der Waals surface area contributed by atoms with Crippen molar-refractivity contribution in [3.05, 3.63) is 52.7 Å². The average Bonchev–Trinajstić information content (AvgIpc) is 3.32. The predicted octanol–water partition coefficient (Wildman–Crippen LogP) is 0.932. The Morgan fingerprint density at radius 2 is 2.00 bits per heavy atom. The molecule has 10 heteroatoms. The molecule has 4 heterocycles. The molecule has 0 bridgehead atoms. The zero-order valence-electron chi connectivity index (χ0n) is 16.3. The molecule has 0 saturated carbocycles. The monoisotopic (exact) mass is 427 g/mol. The Bertz CT molecular complexity index is 1310. The van der Waals surface area contributed by atoms with Crippen LogP contribution in [0.3, 0.4) is 0 Å². The first kappa shape index (κ1) is 19.0. The van der Waals surface area contributed by atoms with Crippen LogP contribution < -0.4 is 10.6 Å². The van der Waals surface area contributed by atoms with E-state index in [1.807, 2.05) is 24.3 Å². The number of carbonyl (C=O) groups excluding carboxylic acids is 1. The minimum atomic E-state index is -3.08. The van der Waals surface area contributed by atoms with Crippen LogP contribution in [0.1, 0.15) is 24.4 Å². The Morgan fingerprint density at radius 1 is 1.17 bits per heavy atom. The summed E-state index contributed by atoms with van der Waals surface area (Å²) in [6.45, 7) is 0.458. The maximum Gasteiger partial charge on any atom is 0.348 e. The van der Waals surface area contributed by atoms with E-state index in [1.165, 1.54) is 17.0 Å². The molecular formula is C20H21N5O4S. The molecule has 9 nitrogen and oxygen atoms in total. The first-order valence-corrected chi connectivity index (χ1v) is 11.8. The fourth-order valence-corrected chi connectivity index (χ4v) is 6.10. The van der Waals surface area contributed by atoms with Crippen LogP contribution >= 0.6 is 0 Å². The standard InChI is InChI=1S/C20H21N5O4S/c26-19(23-8-3-5-14-4-1-2-6-16(14)23)12-24-17-11-22-25(18(17)10-21-20(24)27)15-7-9-30(28,29)13-15/h1-2,4,6,10-11,15H,3,5,7-9,12-13H2/t15-/m0/s1. The van der Waals surface area contributed by atoms with Crippen LogP contribution in [0, 0.1) is 0 Å². The smallest absolute Gasteiger partial charge is 0.311 e. The van der Waals surface area contributed by atoms with Crippen LogP contribution in [0.4, 0.5) is 5.69 Å². The van der Waals surface area contributed by atoms with Gasteiger partial charge in [-0.25, -0.2) is 13.2 Å². The predicted molar refractivity (Wildman–Crippen MR) is 111 cm³/mol. The summed E-state index contributed by atoms with van der Waals surface area (Å²) >= 11 is 0. The van der Waals surface area contributed by atoms with Crippen molar-refractivity contribution >= 4 is 32.5 Å². The minimum absolute atomic E-state index is 0.0202. The molecule has 1 atom stereocenters. The molecule has 0 aliphatic carbocycles. The Kier molecular flexibility index (Phi) is 4.46. The second kappa shape index (κ2) is 7.05. The number of aromatic nitrogens is 4. The summed E-state index contributed by atoms with van der Waals surface area (Å²) in [6, 6.07) is 7.51.